The van der Waals surface area contributed by atoms with Crippen LogP contribution in [0.3, 0.4) is 0 Å². The van der Waals surface area contributed by atoms with Crippen LogP contribution < -0.4 is 16.0 Å². The summed E-state index contributed by atoms with van der Waals surface area (Å²) in [5.74, 6) is 1.15. The minimum absolute atomic E-state index is 0.00979. The van der Waals surface area contributed by atoms with Crippen molar-refractivity contribution in [1.29, 1.82) is 0 Å². The summed E-state index contributed by atoms with van der Waals surface area (Å²) in [4.78, 5) is 30.5. The van der Waals surface area contributed by atoms with E-state index in [0.717, 1.165) is 49.2 Å². The molecule has 0 atom stereocenters. The van der Waals surface area contributed by atoms with Gasteiger partial charge in [0, 0.05) is 38.3 Å². The lowest BCUT2D eigenvalue weighted by molar-refractivity contribution is -0.363. The van der Waals surface area contributed by atoms with Crippen molar-refractivity contribution in [2.75, 3.05) is 43.9 Å². The van der Waals surface area contributed by atoms with Crippen molar-refractivity contribution < 1.29 is 10.5 Å². The van der Waals surface area contributed by atoms with Crippen LogP contribution >= 0.6 is 0 Å². The Morgan fingerprint density at radius 3 is 2.62 bits per heavy atom. The molecule has 3 aromatic heterocycles. The van der Waals surface area contributed by atoms with Crippen LogP contribution in [0, 0.1) is 0 Å². The van der Waals surface area contributed by atoms with E-state index in [9.17, 15) is 4.79 Å². The Morgan fingerprint density at radius 2 is 2.00 bits per heavy atom. The molecule has 0 aliphatic heterocycles. The first-order valence-electron chi connectivity index (χ1n) is 11.4. The van der Waals surface area contributed by atoms with Gasteiger partial charge >= 0.3 is 0 Å². The third-order valence-electron chi connectivity index (χ3n) is 6.05. The van der Waals surface area contributed by atoms with Crippen molar-refractivity contribution in [3.05, 3.63) is 36.3 Å². The highest BCUT2D eigenvalue weighted by Crippen LogP contribution is 2.34. The number of carbonyl (C=O) groups is 1. The largest absolute Gasteiger partial charge is 0.365 e. The number of likely N-dealkylation sites (N-methyl/N-ethyl adjacent to an activating group) is 1. The lowest BCUT2D eigenvalue weighted by Crippen LogP contribution is -2.55. The average molecular weight is 438 g/mol. The molecule has 0 spiro atoms. The smallest absolute Gasteiger partial charge is 0.270 e. The van der Waals surface area contributed by atoms with Crippen LogP contribution in [0.2, 0.25) is 0 Å². The lowest BCUT2D eigenvalue weighted by atomic mass is 10.2. The van der Waals surface area contributed by atoms with Crippen LogP contribution in [-0.2, 0) is 0 Å². The number of quaternary nitrogens is 1. The molecule has 4 N–H and O–H groups in total. The average Bonchev–Trinajstić information content (AvgIpc) is 3.45. The Kier molecular flexibility index (Phi) is 6.55. The standard InChI is InChI=1S/C23H32N8O/c1-4-30(12-11-24)18-9-10-20(25-15-18)27-23-26-14-16-13-19(22(32)29(2)3)31(21(16)28-23)17-7-5-6-8-17/h9-10,13-15,17H,4-8,11-12,24H2,1-3H3,(H,25,26,27,28)/p+1. The number of nitrogens with one attached hydrogen (secondary N) is 1. The SMILES string of the molecule is CCN(CC[NH3+])c1ccc(Nc2ncc3cc(C(=O)N(C)C)n(C4CCCC4)c3n2)nc1. The van der Waals surface area contributed by atoms with Gasteiger partial charge in [-0.25, -0.2) is 9.97 Å². The van der Waals surface area contributed by atoms with E-state index in [4.69, 9.17) is 4.98 Å². The molecule has 9 heteroatoms. The molecular weight excluding hydrogens is 404 g/mol. The van der Waals surface area contributed by atoms with Crippen LogP contribution in [0.4, 0.5) is 17.5 Å². The molecule has 1 saturated carbocycles. The Morgan fingerprint density at radius 1 is 1.22 bits per heavy atom. The number of hydrogen-bond acceptors (Lipinski definition) is 6. The Labute approximate surface area is 188 Å². The number of aromatic nitrogens is 4. The second kappa shape index (κ2) is 9.52. The highest BCUT2D eigenvalue weighted by Gasteiger charge is 2.26. The molecule has 1 amide bonds. The first-order valence-corrected chi connectivity index (χ1v) is 11.4. The van der Waals surface area contributed by atoms with Crippen molar-refractivity contribution in [2.24, 2.45) is 0 Å². The second-order valence-corrected chi connectivity index (χ2v) is 8.47. The predicted molar refractivity (Wildman–Crippen MR) is 126 cm³/mol. The highest BCUT2D eigenvalue weighted by atomic mass is 16.2. The topological polar surface area (TPSA) is 107 Å². The molecule has 4 rings (SSSR count). The molecule has 3 aromatic rings. The molecule has 0 saturated heterocycles. The van der Waals surface area contributed by atoms with E-state index in [1.54, 1.807) is 25.2 Å². The number of nitrogens with zero attached hydrogens (tertiary/aromatic N) is 6. The van der Waals surface area contributed by atoms with Gasteiger partial charge in [-0.2, -0.15) is 4.98 Å². The summed E-state index contributed by atoms with van der Waals surface area (Å²) >= 11 is 0. The Balaban J connectivity index is 1.64. The summed E-state index contributed by atoms with van der Waals surface area (Å²) in [6.45, 7) is 4.78. The van der Waals surface area contributed by atoms with Gasteiger partial charge in [-0.1, -0.05) is 12.8 Å². The summed E-state index contributed by atoms with van der Waals surface area (Å²) in [7, 11) is 3.56. The highest BCUT2D eigenvalue weighted by molar-refractivity contribution is 5.97. The van der Waals surface area contributed by atoms with E-state index in [0.29, 0.717) is 23.5 Å². The summed E-state index contributed by atoms with van der Waals surface area (Å²) in [6.07, 6.45) is 8.12. The monoisotopic (exact) mass is 437 g/mol. The Bertz CT molecular complexity index is 1070. The fourth-order valence-electron chi connectivity index (χ4n) is 4.42. The van der Waals surface area contributed by atoms with Crippen LogP contribution in [-0.4, -0.2) is 64.1 Å². The summed E-state index contributed by atoms with van der Waals surface area (Å²) < 4.78 is 2.12. The zero-order valence-corrected chi connectivity index (χ0v) is 19.2. The van der Waals surface area contributed by atoms with E-state index in [1.807, 2.05) is 24.4 Å². The van der Waals surface area contributed by atoms with Gasteiger partial charge in [-0.15, -0.1) is 0 Å². The molecule has 0 radical (unpaired) electrons. The molecule has 1 aliphatic carbocycles. The van der Waals surface area contributed by atoms with Crippen LogP contribution in [0.1, 0.15) is 49.1 Å². The maximum Gasteiger partial charge on any atom is 0.270 e. The van der Waals surface area contributed by atoms with Crippen LogP contribution in [0.15, 0.2) is 30.6 Å². The quantitative estimate of drug-likeness (QED) is 0.561. The van der Waals surface area contributed by atoms with Gasteiger partial charge < -0.3 is 25.4 Å². The molecule has 170 valence electrons. The number of fused-ring (bicyclic) bond motifs is 1. The first kappa shape index (κ1) is 22.0. The summed E-state index contributed by atoms with van der Waals surface area (Å²) in [5, 5.41) is 4.10. The van der Waals surface area contributed by atoms with Gasteiger partial charge in [-0.3, -0.25) is 4.79 Å². The third kappa shape index (κ3) is 4.38. The zero-order chi connectivity index (χ0) is 22.7. The fraction of sp³-hybridized carbons (Fsp3) is 0.478. The number of hydrogen-bond donors (Lipinski definition) is 2. The minimum atomic E-state index is -0.00979. The van der Waals surface area contributed by atoms with Gasteiger partial charge in [0.25, 0.3) is 5.91 Å². The van der Waals surface area contributed by atoms with Crippen LogP contribution in [0.25, 0.3) is 11.0 Å². The predicted octanol–water partition coefficient (Wildman–Crippen LogP) is 2.45. The zero-order valence-electron chi connectivity index (χ0n) is 19.2. The van der Waals surface area contributed by atoms with E-state index in [-0.39, 0.29) is 5.91 Å². The number of anilines is 3. The number of rotatable bonds is 8. The molecule has 0 aromatic carbocycles. The maximum atomic E-state index is 12.8. The second-order valence-electron chi connectivity index (χ2n) is 8.47. The molecule has 1 aliphatic rings. The van der Waals surface area contributed by atoms with Gasteiger partial charge in [0.1, 0.15) is 17.2 Å². The molecular formula is C23H33N8O+. The molecule has 9 nitrogen and oxygen atoms in total. The van der Waals surface area contributed by atoms with Gasteiger partial charge in [0.05, 0.1) is 25.0 Å². The van der Waals surface area contributed by atoms with E-state index < -0.39 is 0 Å². The van der Waals surface area contributed by atoms with E-state index in [1.165, 1.54) is 12.8 Å². The van der Waals surface area contributed by atoms with E-state index >= 15 is 0 Å². The molecule has 1 fully saturated rings. The van der Waals surface area contributed by atoms with Crippen molar-refractivity contribution >= 4 is 34.4 Å². The van der Waals surface area contributed by atoms with Gasteiger partial charge in [-0.05, 0) is 38.0 Å². The molecule has 0 bridgehead atoms. The van der Waals surface area contributed by atoms with Crippen molar-refractivity contribution in [2.45, 2.75) is 38.6 Å². The van der Waals surface area contributed by atoms with Crippen LogP contribution in [0.5, 0.6) is 0 Å². The third-order valence-corrected chi connectivity index (χ3v) is 6.05. The summed E-state index contributed by atoms with van der Waals surface area (Å²) in [5.41, 5.74) is 6.48. The first-order chi connectivity index (χ1) is 15.5. The van der Waals surface area contributed by atoms with E-state index in [2.05, 4.69) is 37.4 Å². The fourth-order valence-corrected chi connectivity index (χ4v) is 4.42. The van der Waals surface area contributed by atoms with Gasteiger partial charge in [0.15, 0.2) is 0 Å². The molecule has 0 unspecified atom stereocenters. The van der Waals surface area contributed by atoms with Crippen molar-refractivity contribution in [3.63, 3.8) is 0 Å². The molecule has 3 heterocycles. The normalized spacial score (nSPS) is 14.1. The summed E-state index contributed by atoms with van der Waals surface area (Å²) in [6, 6.07) is 6.18. The minimum Gasteiger partial charge on any atom is -0.365 e. The number of amides is 1. The van der Waals surface area contributed by atoms with Gasteiger partial charge in [0.2, 0.25) is 5.95 Å². The lowest BCUT2D eigenvalue weighted by Gasteiger charge is -2.21. The van der Waals surface area contributed by atoms with Crippen molar-refractivity contribution in [3.8, 4) is 0 Å². The molecule has 32 heavy (non-hydrogen) atoms. The Hall–Kier alpha value is -3.20. The number of pyridine rings is 1. The maximum absolute atomic E-state index is 12.8. The number of carbonyl (C=O) groups excluding carboxylic acids is 1. The van der Waals surface area contributed by atoms with Crippen molar-refractivity contribution in [1.82, 2.24) is 24.4 Å².